The Morgan fingerprint density at radius 3 is 0.962 bits per heavy atom. The highest BCUT2D eigenvalue weighted by Gasteiger charge is 2.34. The molecule has 12 heteroatoms. The Morgan fingerprint density at radius 1 is 0.423 bits per heavy atom. The van der Waals surface area contributed by atoms with Crippen molar-refractivity contribution in [2.75, 3.05) is 23.8 Å². The maximum Gasteiger partial charge on any atom is 0.258 e. The predicted octanol–water partition coefficient (Wildman–Crippen LogP) is 12.3. The van der Waals surface area contributed by atoms with E-state index in [2.05, 4.69) is 129 Å². The van der Waals surface area contributed by atoms with Crippen molar-refractivity contribution in [3.05, 3.63) is 152 Å². The lowest BCUT2D eigenvalue weighted by atomic mass is 9.79. The van der Waals surface area contributed by atoms with E-state index in [1.807, 2.05) is 36.4 Å². The number of rotatable bonds is 0. The summed E-state index contributed by atoms with van der Waals surface area (Å²) in [5.41, 5.74) is 5.84. The van der Waals surface area contributed by atoms with Crippen LogP contribution in [0.2, 0.25) is 0 Å². The summed E-state index contributed by atoms with van der Waals surface area (Å²) in [6, 6.07) is 27.3. The molecule has 6 aromatic carbocycles. The summed E-state index contributed by atoms with van der Waals surface area (Å²) in [6.45, 7) is 31.1. The van der Waals surface area contributed by atoms with Gasteiger partial charge >= 0.3 is 0 Å². The van der Waals surface area contributed by atoms with E-state index in [1.54, 1.807) is 52.0 Å². The van der Waals surface area contributed by atoms with E-state index in [0.29, 0.717) is 50.5 Å². The van der Waals surface area contributed by atoms with Crippen LogP contribution in [0.4, 0.5) is 11.4 Å². The predicted molar refractivity (Wildman–Crippen MR) is 312 cm³/mol. The molecule has 0 fully saturated rings. The number of carbonyl (C=O) groups is 4. The van der Waals surface area contributed by atoms with E-state index in [4.69, 9.17) is 9.47 Å². The summed E-state index contributed by atoms with van der Waals surface area (Å²) in [7, 11) is 0. The average Bonchev–Trinajstić information content (AvgIpc) is 3.31. The monoisotopic (exact) mass is 1060 g/mol. The Labute approximate surface area is 461 Å². The summed E-state index contributed by atoms with van der Waals surface area (Å²) >= 11 is 0. The SMILES string of the molecule is CC1(C)NC(=O)COc2c3cc(C(C)(C)C)cc2Cc2cc(C(C)(C)C)cc(c2O)Cc2cc(C(C)(C)C)cc(c2OCC(=O)NC(C)(C)C(=O)Nc2cccc4cccc(c24)NC1=O)Cc1cc(C(C)(C)C)cc(c1O)C3. The summed E-state index contributed by atoms with van der Waals surface area (Å²) in [5.74, 6) is -1.12. The maximum absolute atomic E-state index is 14.4. The number of anilines is 2. The van der Waals surface area contributed by atoms with Crippen LogP contribution in [0.25, 0.3) is 10.8 Å². The average molecular weight is 1060 g/mol. The van der Waals surface area contributed by atoms with Crippen molar-refractivity contribution in [3.8, 4) is 23.0 Å². The lowest BCUT2D eigenvalue weighted by Crippen LogP contribution is -2.53. The van der Waals surface area contributed by atoms with E-state index in [0.717, 1.165) is 49.9 Å². The number of nitrogens with one attached hydrogen (secondary N) is 4. The Hall–Kier alpha value is -7.34. The third-order valence-electron chi connectivity index (χ3n) is 15.1. The summed E-state index contributed by atoms with van der Waals surface area (Å²) < 4.78 is 13.6. The Morgan fingerprint density at radius 2 is 0.692 bits per heavy atom. The number of fused-ring (bicyclic) bond motifs is 2. The van der Waals surface area contributed by atoms with Gasteiger partial charge in [0.25, 0.3) is 11.8 Å². The fourth-order valence-corrected chi connectivity index (χ4v) is 10.3. The van der Waals surface area contributed by atoms with Crippen molar-refractivity contribution in [1.82, 2.24) is 10.6 Å². The smallest absolute Gasteiger partial charge is 0.258 e. The topological polar surface area (TPSA) is 175 Å². The number of hydrogen-bond acceptors (Lipinski definition) is 8. The highest BCUT2D eigenvalue weighted by molar-refractivity contribution is 6.13. The number of phenolic OH excluding ortho intramolecular Hbond substituents is 2. The van der Waals surface area contributed by atoms with Crippen LogP contribution in [0.5, 0.6) is 23.0 Å². The van der Waals surface area contributed by atoms with Crippen molar-refractivity contribution in [2.45, 2.75) is 169 Å². The van der Waals surface area contributed by atoms with Crippen LogP contribution in [0.3, 0.4) is 0 Å². The largest absolute Gasteiger partial charge is 0.507 e. The minimum Gasteiger partial charge on any atom is -0.507 e. The van der Waals surface area contributed by atoms with Crippen LogP contribution >= 0.6 is 0 Å². The van der Waals surface area contributed by atoms with E-state index in [-0.39, 0.29) is 58.8 Å². The second-order valence-electron chi connectivity index (χ2n) is 26.8. The number of benzene rings is 6. The van der Waals surface area contributed by atoms with Crippen LogP contribution in [-0.2, 0) is 66.5 Å². The lowest BCUT2D eigenvalue weighted by Gasteiger charge is -2.29. The van der Waals surface area contributed by atoms with Gasteiger partial charge in [0.15, 0.2) is 13.2 Å². The van der Waals surface area contributed by atoms with Gasteiger partial charge < -0.3 is 41.0 Å². The number of ether oxygens (including phenoxy) is 2. The first-order valence-corrected chi connectivity index (χ1v) is 27.1. The highest BCUT2D eigenvalue weighted by Crippen LogP contribution is 2.44. The second kappa shape index (κ2) is 20.5. The van der Waals surface area contributed by atoms with Crippen molar-refractivity contribution in [1.29, 1.82) is 0 Å². The van der Waals surface area contributed by atoms with Crippen molar-refractivity contribution >= 4 is 45.8 Å². The molecule has 78 heavy (non-hydrogen) atoms. The first-order valence-electron chi connectivity index (χ1n) is 27.1. The number of hydrogen-bond donors (Lipinski definition) is 6. The third-order valence-corrected chi connectivity index (χ3v) is 15.1. The molecule has 0 atom stereocenters. The van der Waals surface area contributed by atoms with Crippen molar-refractivity contribution < 1.29 is 38.9 Å². The zero-order valence-electron chi connectivity index (χ0n) is 48.7. The van der Waals surface area contributed by atoms with Gasteiger partial charge in [-0.3, -0.25) is 19.2 Å². The fraction of sp³-hybridized carbons (Fsp3) is 0.424. The third kappa shape index (κ3) is 12.2. The molecule has 1 aliphatic heterocycles. The molecule has 0 unspecified atom stereocenters. The molecule has 10 bridgehead atoms. The standard InChI is InChI=1S/C66H80N4O8/c1-61(2,3)46-27-38-23-42-31-48(63(7,8)9)33-44-25-40-29-47(62(4,5)6)30-41(56(40)74)26-45-34-49(64(10,11)12)32-43(24-39(28-46)55(38)73)58(45)78-36-53(72)70-66(15,16)60(76)68-51-22-18-20-37-19-17-21-50(54(37)51)67-59(75)65(13,14)69-52(71)35-77-57(42)44/h17-22,27-34,73-74H,23-26,35-36H2,1-16H3,(H,67,75)(H,68,76)(H,69,71)(H,70,72). The van der Waals surface area contributed by atoms with Gasteiger partial charge in [0, 0.05) is 31.1 Å². The molecule has 12 nitrogen and oxygen atoms in total. The molecule has 412 valence electrons. The molecule has 6 N–H and O–H groups in total. The fourth-order valence-electron chi connectivity index (χ4n) is 10.3. The van der Waals surface area contributed by atoms with E-state index in [9.17, 15) is 29.4 Å². The molecular formula is C66H80N4O8. The van der Waals surface area contributed by atoms with Gasteiger partial charge in [0.2, 0.25) is 11.8 Å². The second-order valence-corrected chi connectivity index (χ2v) is 26.8. The molecule has 1 heterocycles. The van der Waals surface area contributed by atoms with Gasteiger partial charge in [-0.2, -0.15) is 0 Å². The molecule has 8 rings (SSSR count). The molecule has 0 saturated heterocycles. The quantitative estimate of drug-likeness (QED) is 0.0870. The minimum absolute atomic E-state index is 0.0878. The number of carbonyl (C=O) groups excluding carboxylic acids is 4. The molecule has 0 aromatic heterocycles. The molecule has 0 saturated carbocycles. The van der Waals surface area contributed by atoms with Crippen LogP contribution in [0.15, 0.2) is 84.9 Å². The summed E-state index contributed by atoms with van der Waals surface area (Å²) in [4.78, 5) is 57.4. The van der Waals surface area contributed by atoms with Gasteiger partial charge in [-0.05, 0) is 134 Å². The molecule has 6 aromatic rings. The van der Waals surface area contributed by atoms with Gasteiger partial charge in [0.1, 0.15) is 34.1 Å². The van der Waals surface area contributed by atoms with E-state index >= 15 is 0 Å². The van der Waals surface area contributed by atoms with Gasteiger partial charge in [0.05, 0.1) is 11.4 Å². The van der Waals surface area contributed by atoms with Crippen LogP contribution in [-0.4, -0.2) is 58.1 Å². The van der Waals surface area contributed by atoms with Crippen molar-refractivity contribution in [3.63, 3.8) is 0 Å². The first-order chi connectivity index (χ1) is 36.1. The molecule has 4 amide bonds. The molecule has 0 spiro atoms. The zero-order chi connectivity index (χ0) is 57.2. The van der Waals surface area contributed by atoms with Crippen LogP contribution in [0.1, 0.15) is 178 Å². The number of amides is 4. The number of phenols is 2. The molecular weight excluding hydrogens is 977 g/mol. The van der Waals surface area contributed by atoms with E-state index < -0.39 is 47.9 Å². The zero-order valence-corrected chi connectivity index (χ0v) is 48.7. The van der Waals surface area contributed by atoms with Crippen LogP contribution < -0.4 is 30.7 Å². The Bertz CT molecular complexity index is 3080. The molecule has 1 aliphatic carbocycles. The van der Waals surface area contributed by atoms with Gasteiger partial charge in [-0.25, -0.2) is 0 Å². The lowest BCUT2D eigenvalue weighted by molar-refractivity contribution is -0.130. The van der Waals surface area contributed by atoms with Gasteiger partial charge in [-0.15, -0.1) is 0 Å². The maximum atomic E-state index is 14.4. The Kier molecular flexibility index (Phi) is 14.9. The normalized spacial score (nSPS) is 16.7. The van der Waals surface area contributed by atoms with E-state index in [1.165, 1.54) is 0 Å². The van der Waals surface area contributed by atoms with Crippen LogP contribution in [0, 0.1) is 0 Å². The molecule has 0 radical (unpaired) electrons. The highest BCUT2D eigenvalue weighted by atomic mass is 16.5. The minimum atomic E-state index is -1.47. The Balaban J connectivity index is 1.42. The summed E-state index contributed by atoms with van der Waals surface area (Å²) in [5, 5.41) is 38.6. The first kappa shape index (κ1) is 56.9. The van der Waals surface area contributed by atoms with Crippen molar-refractivity contribution in [2.24, 2.45) is 0 Å². The number of aromatic hydroxyl groups is 2. The molecule has 2 aliphatic rings. The van der Waals surface area contributed by atoms with Gasteiger partial charge in [-0.1, -0.05) is 156 Å². The summed E-state index contributed by atoms with van der Waals surface area (Å²) in [6.07, 6.45) is 0.821.